The highest BCUT2D eigenvalue weighted by atomic mass is 32.2. The number of fused-ring (bicyclic) bond motifs is 5. The second-order valence-corrected chi connectivity index (χ2v) is 37.7. The summed E-state index contributed by atoms with van der Waals surface area (Å²) in [6, 6.07) is 2.00. The number of hydrogen-bond donors (Lipinski definition) is 21. The van der Waals surface area contributed by atoms with E-state index < -0.39 is 341 Å². The molecule has 15 amide bonds. The van der Waals surface area contributed by atoms with E-state index in [4.69, 9.17) is 17.2 Å². The van der Waals surface area contributed by atoms with E-state index in [1.165, 1.54) is 83.1 Å². The molecule has 3 heterocycles. The Labute approximate surface area is 801 Å². The van der Waals surface area contributed by atoms with Gasteiger partial charge in [0.05, 0.1) is 62.3 Å². The lowest BCUT2D eigenvalue weighted by Crippen LogP contribution is -2.64. The van der Waals surface area contributed by atoms with Gasteiger partial charge in [0.1, 0.15) is 65.9 Å². The van der Waals surface area contributed by atoms with E-state index in [1.807, 2.05) is 0 Å². The third-order valence-electron chi connectivity index (χ3n) is 23.0. The maximum absolute atomic E-state index is 15.6. The number of thioether (sulfide) groups is 2. The fourth-order valence-electron chi connectivity index (χ4n) is 15.3. The molecule has 24 N–H and O–H groups in total. The van der Waals surface area contributed by atoms with Crippen molar-refractivity contribution >= 4 is 164 Å². The summed E-state index contributed by atoms with van der Waals surface area (Å²) in [4.78, 5) is 314. The van der Waals surface area contributed by atoms with Crippen molar-refractivity contribution in [3.05, 3.63) is 114 Å². The van der Waals surface area contributed by atoms with Crippen LogP contribution in [0.2, 0.25) is 0 Å². The van der Waals surface area contributed by atoms with Crippen LogP contribution >= 0.6 is 23.5 Å². The topological polar surface area (TPSA) is 726 Å². The number of hydrogen-bond acceptors (Lipinski definition) is 28. The molecule has 3 aliphatic rings. The molecule has 0 aliphatic carbocycles. The Morgan fingerprint density at radius 3 is 1.43 bits per heavy atom. The van der Waals surface area contributed by atoms with Crippen LogP contribution in [0.4, 0.5) is 0 Å². The zero-order valence-electron chi connectivity index (χ0n) is 77.0. The molecule has 45 nitrogen and oxygen atoms in total. The minimum absolute atomic E-state index is 0.162. The molecule has 3 fully saturated rings. The summed E-state index contributed by atoms with van der Waals surface area (Å²) in [6.45, 7) is 4.77. The number of rotatable bonds is 22. The van der Waals surface area contributed by atoms with E-state index in [0.717, 1.165) is 40.2 Å². The molecule has 3 aliphatic heterocycles. The zero-order valence-corrected chi connectivity index (χ0v) is 78.6. The van der Waals surface area contributed by atoms with Crippen molar-refractivity contribution in [1.82, 2.24) is 73.6 Å². The third kappa shape index (κ3) is 35.9. The van der Waals surface area contributed by atoms with Crippen molar-refractivity contribution in [2.24, 2.45) is 40.4 Å². The number of phenolic OH excluding ortho intramolecular Hbond substituents is 1. The normalized spacial score (nSPS) is 25.8. The highest BCUT2D eigenvalue weighted by Gasteiger charge is 2.44. The number of primary amides is 2. The van der Waals surface area contributed by atoms with Gasteiger partial charge in [0.2, 0.25) is 88.6 Å². The number of ketones is 3. The van der Waals surface area contributed by atoms with Crippen molar-refractivity contribution in [3.8, 4) is 5.75 Å². The number of carboxylic acids is 4. The van der Waals surface area contributed by atoms with Crippen LogP contribution < -0.4 is 81.0 Å². The largest absolute Gasteiger partial charge is 0.508 e. The number of nitrogens with two attached hydrogens (primary N) is 3. The maximum atomic E-state index is 15.6. The summed E-state index contributed by atoms with van der Waals surface area (Å²) < 4.78 is 0. The lowest BCUT2D eigenvalue weighted by Gasteiger charge is -2.35. The summed E-state index contributed by atoms with van der Waals surface area (Å²) in [7, 11) is 0. The Morgan fingerprint density at radius 1 is 0.464 bits per heavy atom. The van der Waals surface area contributed by atoms with Gasteiger partial charge in [0.25, 0.3) is 0 Å². The van der Waals surface area contributed by atoms with Gasteiger partial charge in [-0.1, -0.05) is 106 Å². The Bertz CT molecular complexity index is 5160. The molecule has 7 rings (SSSR count). The van der Waals surface area contributed by atoms with Crippen molar-refractivity contribution in [2.45, 2.75) is 216 Å². The van der Waals surface area contributed by atoms with Crippen LogP contribution in [0.25, 0.3) is 10.8 Å². The first-order valence-corrected chi connectivity index (χ1v) is 46.9. The second kappa shape index (κ2) is 52.7. The number of aliphatic carboxylic acids is 4. The molecule has 4 aromatic rings. The predicted molar refractivity (Wildman–Crippen MR) is 496 cm³/mol. The van der Waals surface area contributed by atoms with Gasteiger partial charge in [-0.15, -0.1) is 0 Å². The fourth-order valence-corrected chi connectivity index (χ4v) is 17.4. The fraction of sp³-hybridized carbons (Fsp3) is 0.516. The maximum Gasteiger partial charge on any atom is 0.305 e. The number of carbonyl (C=O) groups excluding carboxylic acids is 18. The summed E-state index contributed by atoms with van der Waals surface area (Å²) in [6.07, 6.45) is -11.3. The third-order valence-corrected chi connectivity index (χ3v) is 25.3. The predicted octanol–water partition coefficient (Wildman–Crippen LogP) is -3.67. The summed E-state index contributed by atoms with van der Waals surface area (Å²) >= 11 is 1.90. The van der Waals surface area contributed by atoms with Crippen molar-refractivity contribution < 1.29 is 136 Å². The number of nitrogens with one attached hydrogen (secondary N) is 12. The quantitative estimate of drug-likeness (QED) is 0.0360. The van der Waals surface area contributed by atoms with E-state index in [2.05, 4.69) is 63.8 Å². The smallest absolute Gasteiger partial charge is 0.305 e. The molecule has 47 heteroatoms. The SMILES string of the molecule is CC(N)C(=O)CC1CSCCC(=O)N2CCN3CC(O)(C2)NCC(NC(=O)C(C)NC(=O)C(Cc2cccc4ccccc24)CC(=O)C(CCC(=O)O)NC(=O)C(CC(N)=O)NC(=O)C(C)NC1=O)C(=O)NC(CCC(=O)O)C(=O)NC(CC(=O)O)C(=O)NC(Cc1ccccc1)C(=O)NC(Cc1ccc(O)cc1)C(=O)NC(CC(=O)O)C(=O)NC(C(C)(C)C)C(=O)CC(C(N)=O)CSCCC3=O. The van der Waals surface area contributed by atoms with Crippen LogP contribution in [-0.2, 0) is 125 Å². The van der Waals surface area contributed by atoms with Crippen molar-refractivity contribution in [3.63, 3.8) is 0 Å². The van der Waals surface area contributed by atoms with Gasteiger partial charge in [0, 0.05) is 106 Å². The number of Topliss-reactive ketones (excluding diaryl/α,β-unsaturated/α-hetero) is 3. The Balaban J connectivity index is 1.39. The second-order valence-electron chi connectivity index (χ2n) is 35.4. The van der Waals surface area contributed by atoms with Gasteiger partial charge in [-0.2, -0.15) is 23.5 Å². The molecule has 138 heavy (non-hydrogen) atoms. The number of aromatic hydroxyl groups is 1. The van der Waals surface area contributed by atoms with E-state index >= 15 is 24.0 Å². The molecule has 4 aromatic carbocycles. The lowest BCUT2D eigenvalue weighted by molar-refractivity contribution is -0.142. The van der Waals surface area contributed by atoms with E-state index in [-0.39, 0.29) is 59.4 Å². The molecule has 16 atom stereocenters. The zero-order chi connectivity index (χ0) is 102. The van der Waals surface area contributed by atoms with Gasteiger partial charge in [0.15, 0.2) is 17.3 Å². The first kappa shape index (κ1) is 111. The summed E-state index contributed by atoms with van der Waals surface area (Å²) in [5.74, 6) is -32.0. The monoisotopic (exact) mass is 1960 g/mol. The minimum atomic E-state index is -2.63. The van der Waals surface area contributed by atoms with Gasteiger partial charge in [-0.3, -0.25) is 111 Å². The summed E-state index contributed by atoms with van der Waals surface area (Å²) in [5.41, 5.74) is 14.5. The molecule has 4 bridgehead atoms. The van der Waals surface area contributed by atoms with Crippen LogP contribution in [-0.4, -0.2) is 304 Å². The molecule has 0 spiro atoms. The number of benzene rings is 4. The highest BCUT2D eigenvalue weighted by Crippen LogP contribution is 2.29. The molecular formula is C91H121N17O28S2. The van der Waals surface area contributed by atoms with Crippen LogP contribution in [0.3, 0.4) is 0 Å². The number of carboxylic acid groups (broad SMARTS) is 4. The number of aliphatic hydroxyl groups is 1. The molecule has 0 radical (unpaired) electrons. The Morgan fingerprint density at radius 2 is 0.913 bits per heavy atom. The van der Waals surface area contributed by atoms with Gasteiger partial charge in [-0.25, -0.2) is 0 Å². The molecule has 750 valence electrons. The van der Waals surface area contributed by atoms with Crippen LogP contribution in [0.5, 0.6) is 5.75 Å². The number of phenols is 1. The van der Waals surface area contributed by atoms with Crippen LogP contribution in [0, 0.1) is 23.2 Å². The van der Waals surface area contributed by atoms with Gasteiger partial charge in [-0.05, 0) is 85.0 Å². The molecule has 16 unspecified atom stereocenters. The molecule has 0 saturated carbocycles. The van der Waals surface area contributed by atoms with Crippen molar-refractivity contribution in [1.29, 1.82) is 0 Å². The van der Waals surface area contributed by atoms with Gasteiger partial charge >= 0.3 is 23.9 Å². The number of amides is 15. The van der Waals surface area contributed by atoms with E-state index in [1.54, 1.807) is 48.5 Å². The van der Waals surface area contributed by atoms with E-state index in [0.29, 0.717) is 16.3 Å². The van der Waals surface area contributed by atoms with Gasteiger partial charge < -0.3 is 116 Å². The summed E-state index contributed by atoms with van der Waals surface area (Å²) in [5, 5.41) is 94.5. The highest BCUT2D eigenvalue weighted by molar-refractivity contribution is 7.99. The minimum Gasteiger partial charge on any atom is -0.508 e. The lowest BCUT2D eigenvalue weighted by atomic mass is 9.81. The van der Waals surface area contributed by atoms with E-state index in [9.17, 15) is 112 Å². The van der Waals surface area contributed by atoms with Crippen LogP contribution in [0.1, 0.15) is 135 Å². The average Bonchev–Trinajstić information content (AvgIpc) is 1.10. The standard InChI is InChI=1S/C91H121N17O28S2/c1-47(92)67(110)38-56-44-138-32-28-72(115)108-30-29-107-45-91(136,46-108)95-42-66(105-80(126)49(3)96-81(127)54(35-53-17-12-16-52-15-10-11-18-58(52)53)36-68(111)59(23-25-73(116)117)98-86(132)63(39-70(93)113)100-79(125)48(2)97-82(56)128)89(135)99-60(24-26-74(118)119)83(129)103-64(40-75(120)121)87(133)102-61(33-50-13-8-7-9-14-50)84(130)101-62(34-51-19-21-57(109)22-20-51)85(131)104-65(41-76(122)123)88(134)106-77(90(4,5)6)69(112)37-55(78(94)124)43-137-31-27-71(107)114/h7-22,47-49,54-56,59-66,77,95,109,136H,23-46,92H2,1-6H3,(H2,93,113)(H2,94,124)(H,96,127)(H,97,128)(H,98,132)(H,99,135)(H,100,125)(H,101,130)(H,102,133)(H,103,129)(H,104,131)(H,105,126)(H,106,134)(H,116,117)(H,118,119)(H,120,121)(H,122,123). The molecule has 3 saturated heterocycles. The first-order valence-electron chi connectivity index (χ1n) is 44.6. The van der Waals surface area contributed by atoms with Crippen molar-refractivity contribution in [2.75, 3.05) is 55.7 Å². The number of carbonyl (C=O) groups is 22. The Kier molecular flexibility index (Phi) is 42.6. The molecule has 0 aromatic heterocycles. The molecular weight excluding hydrogens is 1840 g/mol. The van der Waals surface area contributed by atoms with Crippen LogP contribution in [0.15, 0.2) is 97.1 Å². The number of nitrogens with zero attached hydrogens (tertiary/aromatic N) is 2. The first-order chi connectivity index (χ1) is 65.0. The average molecular weight is 1970 g/mol. The Hall–Kier alpha value is -13.5.